The van der Waals surface area contributed by atoms with Gasteiger partial charge in [0.05, 0.1) is 24.1 Å². The first-order valence-corrected chi connectivity index (χ1v) is 11.9. The summed E-state index contributed by atoms with van der Waals surface area (Å²) in [5, 5.41) is 0. The standard InChI is InChI=1S/C19H32N5O8P/c1-18(2,3)29-8-10-12(31-33(26,27)32-19(4,5)6)13(28-7)16(30-10)24-9-21-11-14(24)22-17(20)23-15(11)25/h9-10,12-13,16H,8H2,1-7H3,(H,26,27)(H3,20,22,23,25)/t10-,12?,13+,16-/m1/s1. The van der Waals surface area contributed by atoms with Crippen molar-refractivity contribution in [1.82, 2.24) is 19.5 Å². The van der Waals surface area contributed by atoms with Crippen molar-refractivity contribution >= 4 is 24.9 Å². The van der Waals surface area contributed by atoms with Crippen molar-refractivity contribution in [2.45, 2.75) is 77.3 Å². The monoisotopic (exact) mass is 489 g/mol. The number of imidazole rings is 1. The number of aromatic nitrogens is 4. The highest BCUT2D eigenvalue weighted by Crippen LogP contribution is 2.51. The molecule has 0 amide bonds. The molecule has 0 bridgehead atoms. The van der Waals surface area contributed by atoms with Crippen LogP contribution in [-0.2, 0) is 27.8 Å². The maximum atomic E-state index is 12.8. The first kappa shape index (κ1) is 25.8. The van der Waals surface area contributed by atoms with Gasteiger partial charge in [-0.05, 0) is 41.5 Å². The van der Waals surface area contributed by atoms with Gasteiger partial charge in [0.25, 0.3) is 5.56 Å². The Kier molecular flexibility index (Phi) is 7.07. The lowest BCUT2D eigenvalue weighted by Crippen LogP contribution is -2.39. The number of H-pyrrole nitrogens is 1. The van der Waals surface area contributed by atoms with E-state index in [0.717, 1.165) is 0 Å². The van der Waals surface area contributed by atoms with Crippen LogP contribution in [0.1, 0.15) is 47.8 Å². The summed E-state index contributed by atoms with van der Waals surface area (Å²) < 4.78 is 42.6. The molecule has 14 heteroatoms. The highest BCUT2D eigenvalue weighted by molar-refractivity contribution is 7.47. The predicted molar refractivity (Wildman–Crippen MR) is 119 cm³/mol. The van der Waals surface area contributed by atoms with Gasteiger partial charge in [0.1, 0.15) is 18.3 Å². The number of hydrogen-bond acceptors (Lipinski definition) is 10. The Morgan fingerprint density at radius 1 is 1.24 bits per heavy atom. The molecule has 1 saturated heterocycles. The highest BCUT2D eigenvalue weighted by Gasteiger charge is 2.51. The first-order valence-electron chi connectivity index (χ1n) is 10.4. The van der Waals surface area contributed by atoms with Crippen LogP contribution in [-0.4, -0.2) is 67.6 Å². The van der Waals surface area contributed by atoms with Gasteiger partial charge in [0.2, 0.25) is 5.95 Å². The number of anilines is 1. The van der Waals surface area contributed by atoms with Crippen LogP contribution in [0.2, 0.25) is 0 Å². The number of phosphoric ester groups is 1. The molecular weight excluding hydrogens is 457 g/mol. The van der Waals surface area contributed by atoms with Crippen LogP contribution in [0, 0.1) is 0 Å². The number of fused-ring (bicyclic) bond motifs is 1. The Labute approximate surface area is 191 Å². The Hall–Kier alpha value is -1.86. The van der Waals surface area contributed by atoms with Crippen molar-refractivity contribution in [3.8, 4) is 0 Å². The molecule has 1 fully saturated rings. The smallest absolute Gasteiger partial charge is 0.374 e. The van der Waals surface area contributed by atoms with E-state index in [-0.39, 0.29) is 23.7 Å². The second-order valence-corrected chi connectivity index (χ2v) is 11.0. The van der Waals surface area contributed by atoms with Crippen molar-refractivity contribution in [2.24, 2.45) is 0 Å². The molecule has 13 nitrogen and oxygen atoms in total. The minimum absolute atomic E-state index is 0.0306. The molecule has 0 radical (unpaired) electrons. The molecule has 2 unspecified atom stereocenters. The van der Waals surface area contributed by atoms with E-state index in [1.165, 1.54) is 18.0 Å². The molecular formula is C19H32N5O8P. The predicted octanol–water partition coefficient (Wildman–Crippen LogP) is 1.73. The minimum atomic E-state index is -4.51. The van der Waals surface area contributed by atoms with Gasteiger partial charge in [-0.15, -0.1) is 0 Å². The molecule has 2 aromatic heterocycles. The lowest BCUT2D eigenvalue weighted by atomic mass is 10.1. The van der Waals surface area contributed by atoms with Crippen LogP contribution in [0.15, 0.2) is 11.1 Å². The SMILES string of the molecule is CO[C@H]1C(OP(=O)(O)OC(C)(C)C)[C@@H](COC(C)(C)C)O[C@H]1n1cnc2c(=O)[nH]c(N)nc21. The van der Waals surface area contributed by atoms with Crippen molar-refractivity contribution < 1.29 is 32.7 Å². The van der Waals surface area contributed by atoms with Gasteiger partial charge >= 0.3 is 7.82 Å². The van der Waals surface area contributed by atoms with Crippen molar-refractivity contribution in [3.05, 3.63) is 16.7 Å². The Bertz CT molecular complexity index is 1090. The second kappa shape index (κ2) is 9.06. The third-order valence-electron chi connectivity index (χ3n) is 4.61. The molecule has 3 rings (SSSR count). The van der Waals surface area contributed by atoms with Gasteiger partial charge in [-0.3, -0.25) is 23.4 Å². The van der Waals surface area contributed by atoms with Gasteiger partial charge in [-0.2, -0.15) is 4.98 Å². The van der Waals surface area contributed by atoms with Crippen LogP contribution in [0.3, 0.4) is 0 Å². The number of aromatic amines is 1. The first-order chi connectivity index (χ1) is 15.1. The van der Waals surface area contributed by atoms with Gasteiger partial charge < -0.3 is 24.8 Å². The van der Waals surface area contributed by atoms with Gasteiger partial charge in [0.15, 0.2) is 17.4 Å². The number of methoxy groups -OCH3 is 1. The summed E-state index contributed by atoms with van der Waals surface area (Å²) in [6.45, 7) is 10.5. The third-order valence-corrected chi connectivity index (χ3v) is 5.90. The van der Waals surface area contributed by atoms with Crippen molar-refractivity contribution in [3.63, 3.8) is 0 Å². The highest BCUT2D eigenvalue weighted by atomic mass is 31.2. The fourth-order valence-corrected chi connectivity index (χ4v) is 4.73. The van der Waals surface area contributed by atoms with E-state index < -0.39 is 49.1 Å². The molecule has 186 valence electrons. The average molecular weight is 489 g/mol. The normalized spacial score (nSPS) is 26.1. The Morgan fingerprint density at radius 2 is 1.91 bits per heavy atom. The third kappa shape index (κ3) is 6.18. The topological polar surface area (TPSA) is 173 Å². The number of phosphoric acid groups is 1. The van der Waals surface area contributed by atoms with E-state index in [2.05, 4.69) is 15.0 Å². The van der Waals surface area contributed by atoms with E-state index in [1.807, 2.05) is 20.8 Å². The quantitative estimate of drug-likeness (QED) is 0.483. The number of hydrogen-bond donors (Lipinski definition) is 3. The molecule has 0 saturated carbocycles. The maximum Gasteiger partial charge on any atom is 0.473 e. The lowest BCUT2D eigenvalue weighted by Gasteiger charge is -2.29. The number of nitrogens with one attached hydrogen (secondary N) is 1. The van der Waals surface area contributed by atoms with Crippen LogP contribution in [0.25, 0.3) is 11.2 Å². The number of nitrogen functional groups attached to an aromatic ring is 1. The number of nitrogens with zero attached hydrogens (tertiary/aromatic N) is 3. The second-order valence-electron chi connectivity index (χ2n) is 9.71. The number of rotatable bonds is 7. The zero-order chi connectivity index (χ0) is 24.8. The molecule has 33 heavy (non-hydrogen) atoms. The fourth-order valence-electron chi connectivity index (χ4n) is 3.43. The van der Waals surface area contributed by atoms with Crippen molar-refractivity contribution in [1.29, 1.82) is 0 Å². The van der Waals surface area contributed by atoms with E-state index in [0.29, 0.717) is 0 Å². The molecule has 2 aromatic rings. The van der Waals surface area contributed by atoms with Gasteiger partial charge in [-0.25, -0.2) is 9.55 Å². The van der Waals surface area contributed by atoms with E-state index in [9.17, 15) is 14.3 Å². The minimum Gasteiger partial charge on any atom is -0.374 e. The van der Waals surface area contributed by atoms with E-state index in [4.69, 9.17) is 29.0 Å². The molecule has 4 N–H and O–H groups in total. The summed E-state index contributed by atoms with van der Waals surface area (Å²) in [6.07, 6.45) is -2.33. The summed E-state index contributed by atoms with van der Waals surface area (Å²) in [6, 6.07) is 0. The molecule has 1 aliphatic heterocycles. The van der Waals surface area contributed by atoms with Crippen LogP contribution in [0.5, 0.6) is 0 Å². The summed E-state index contributed by atoms with van der Waals surface area (Å²) in [5.41, 5.74) is 3.96. The number of nitrogens with two attached hydrogens (primary N) is 1. The van der Waals surface area contributed by atoms with Crippen molar-refractivity contribution in [2.75, 3.05) is 19.5 Å². The van der Waals surface area contributed by atoms with E-state index in [1.54, 1.807) is 20.8 Å². The molecule has 0 spiro atoms. The molecule has 0 aliphatic carbocycles. The molecule has 0 aromatic carbocycles. The summed E-state index contributed by atoms with van der Waals surface area (Å²) >= 11 is 0. The summed E-state index contributed by atoms with van der Waals surface area (Å²) in [5.74, 6) is -0.0972. The number of ether oxygens (including phenoxy) is 3. The van der Waals surface area contributed by atoms with Crippen LogP contribution in [0.4, 0.5) is 5.95 Å². The molecule has 3 heterocycles. The van der Waals surface area contributed by atoms with Crippen LogP contribution < -0.4 is 11.3 Å². The Balaban J connectivity index is 1.99. The van der Waals surface area contributed by atoms with Gasteiger partial charge in [0, 0.05) is 7.11 Å². The Morgan fingerprint density at radius 3 is 2.48 bits per heavy atom. The fraction of sp³-hybridized carbons (Fsp3) is 0.737. The average Bonchev–Trinajstić information content (AvgIpc) is 3.18. The zero-order valence-corrected chi connectivity index (χ0v) is 20.7. The lowest BCUT2D eigenvalue weighted by molar-refractivity contribution is -0.0999. The summed E-state index contributed by atoms with van der Waals surface area (Å²) in [4.78, 5) is 33.2. The largest absolute Gasteiger partial charge is 0.473 e. The zero-order valence-electron chi connectivity index (χ0n) is 19.8. The summed E-state index contributed by atoms with van der Waals surface area (Å²) in [7, 11) is -3.11. The molecule has 5 atom stereocenters. The van der Waals surface area contributed by atoms with Crippen LogP contribution >= 0.6 is 7.82 Å². The van der Waals surface area contributed by atoms with Gasteiger partial charge in [-0.1, -0.05) is 0 Å². The molecule has 1 aliphatic rings. The van der Waals surface area contributed by atoms with E-state index >= 15 is 0 Å². The maximum absolute atomic E-state index is 12.8.